The van der Waals surface area contributed by atoms with Gasteiger partial charge in [0, 0.05) is 19.6 Å². The summed E-state index contributed by atoms with van der Waals surface area (Å²) in [7, 11) is -1.88. The van der Waals surface area contributed by atoms with Crippen LogP contribution in [0.15, 0.2) is 0 Å². The lowest BCUT2D eigenvalue weighted by atomic mass is 10.2. The summed E-state index contributed by atoms with van der Waals surface area (Å²) in [4.78, 5) is 10.8. The highest BCUT2D eigenvalue weighted by Gasteiger charge is 2.22. The minimum atomic E-state index is -3.24. The van der Waals surface area contributed by atoms with Gasteiger partial charge in [-0.2, -0.15) is 0 Å². The summed E-state index contributed by atoms with van der Waals surface area (Å²) < 4.78 is 35.8. The number of ether oxygens (including phenoxy) is 2. The van der Waals surface area contributed by atoms with E-state index < -0.39 is 10.0 Å². The van der Waals surface area contributed by atoms with Crippen LogP contribution in [0.1, 0.15) is 38.5 Å². The van der Waals surface area contributed by atoms with Crippen LogP contribution in [0.4, 0.5) is 0 Å². The Morgan fingerprint density at radius 3 is 2.79 bits per heavy atom. The van der Waals surface area contributed by atoms with Crippen LogP contribution in [-0.2, 0) is 24.3 Å². The molecule has 0 aromatic carbocycles. The lowest BCUT2D eigenvalue weighted by molar-refractivity contribution is -0.140. The van der Waals surface area contributed by atoms with Crippen molar-refractivity contribution in [2.45, 2.75) is 44.6 Å². The van der Waals surface area contributed by atoms with Gasteiger partial charge in [0.25, 0.3) is 0 Å². The Morgan fingerprint density at radius 2 is 2.16 bits per heavy atom. The van der Waals surface area contributed by atoms with E-state index in [-0.39, 0.29) is 17.8 Å². The van der Waals surface area contributed by atoms with Gasteiger partial charge >= 0.3 is 5.97 Å². The zero-order chi connectivity index (χ0) is 14.1. The van der Waals surface area contributed by atoms with Gasteiger partial charge < -0.3 is 9.47 Å². The predicted octanol–water partition coefficient (Wildman–Crippen LogP) is 0.818. The van der Waals surface area contributed by atoms with E-state index >= 15 is 0 Å². The van der Waals surface area contributed by atoms with Crippen molar-refractivity contribution in [3.63, 3.8) is 0 Å². The van der Waals surface area contributed by atoms with E-state index in [1.165, 1.54) is 7.11 Å². The molecule has 0 amide bonds. The predicted molar refractivity (Wildman–Crippen MR) is 71.2 cm³/mol. The molecule has 112 valence electrons. The van der Waals surface area contributed by atoms with Crippen molar-refractivity contribution in [1.29, 1.82) is 0 Å². The largest absolute Gasteiger partial charge is 0.469 e. The lowest BCUT2D eigenvalue weighted by Crippen LogP contribution is -2.32. The first-order valence-corrected chi connectivity index (χ1v) is 8.34. The third-order valence-electron chi connectivity index (χ3n) is 3.04. The molecule has 0 bridgehead atoms. The van der Waals surface area contributed by atoms with Crippen molar-refractivity contribution in [2.24, 2.45) is 0 Å². The Hall–Kier alpha value is -0.660. The maximum absolute atomic E-state index is 11.7. The molecule has 1 N–H and O–H groups in total. The number of esters is 1. The fourth-order valence-electron chi connectivity index (χ4n) is 1.98. The zero-order valence-corrected chi connectivity index (χ0v) is 12.2. The van der Waals surface area contributed by atoms with E-state index in [4.69, 9.17) is 4.74 Å². The van der Waals surface area contributed by atoms with E-state index in [2.05, 4.69) is 9.46 Å². The Kier molecular flexibility index (Phi) is 7.33. The highest BCUT2D eigenvalue weighted by molar-refractivity contribution is 7.89. The normalized spacial score (nSPS) is 19.5. The SMILES string of the molecule is COC(=O)CCCCCNS(=O)(=O)CC1CCCO1. The molecule has 1 heterocycles. The molecule has 1 unspecified atom stereocenters. The van der Waals surface area contributed by atoms with E-state index in [1.54, 1.807) is 0 Å². The highest BCUT2D eigenvalue weighted by atomic mass is 32.2. The molecule has 7 heteroatoms. The molecule has 0 saturated carbocycles. The molecule has 0 radical (unpaired) electrons. The van der Waals surface area contributed by atoms with E-state index in [0.717, 1.165) is 32.1 Å². The van der Waals surface area contributed by atoms with Gasteiger partial charge in [-0.3, -0.25) is 4.79 Å². The average molecular weight is 293 g/mol. The van der Waals surface area contributed by atoms with Gasteiger partial charge in [-0.05, 0) is 25.7 Å². The van der Waals surface area contributed by atoms with Crippen LogP contribution < -0.4 is 4.72 Å². The van der Waals surface area contributed by atoms with Crippen LogP contribution in [-0.4, -0.2) is 46.5 Å². The summed E-state index contributed by atoms with van der Waals surface area (Å²) >= 11 is 0. The molecule has 1 atom stereocenters. The molecule has 0 aromatic heterocycles. The Bertz CT molecular complexity index is 362. The summed E-state index contributed by atoms with van der Waals surface area (Å²) in [6.45, 7) is 1.07. The summed E-state index contributed by atoms with van der Waals surface area (Å²) in [5, 5.41) is 0. The average Bonchev–Trinajstić information content (AvgIpc) is 2.85. The van der Waals surface area contributed by atoms with Gasteiger partial charge in [-0.25, -0.2) is 13.1 Å². The van der Waals surface area contributed by atoms with Crippen molar-refractivity contribution in [3.8, 4) is 0 Å². The molecule has 0 aromatic rings. The van der Waals surface area contributed by atoms with Crippen LogP contribution >= 0.6 is 0 Å². The van der Waals surface area contributed by atoms with E-state index in [1.807, 2.05) is 0 Å². The fraction of sp³-hybridized carbons (Fsp3) is 0.917. The van der Waals surface area contributed by atoms with Crippen molar-refractivity contribution in [2.75, 3.05) is 26.0 Å². The second-order valence-electron chi connectivity index (χ2n) is 4.70. The third-order valence-corrected chi connectivity index (χ3v) is 4.49. The Balaban J connectivity index is 2.05. The van der Waals surface area contributed by atoms with Gasteiger partial charge in [0.15, 0.2) is 0 Å². The number of carbonyl (C=O) groups is 1. The smallest absolute Gasteiger partial charge is 0.305 e. The van der Waals surface area contributed by atoms with Crippen LogP contribution in [0.5, 0.6) is 0 Å². The molecule has 1 aliphatic heterocycles. The quantitative estimate of drug-likeness (QED) is 0.503. The molecular weight excluding hydrogens is 270 g/mol. The van der Waals surface area contributed by atoms with Gasteiger partial charge in [0.2, 0.25) is 10.0 Å². The monoisotopic (exact) mass is 293 g/mol. The summed E-state index contributed by atoms with van der Waals surface area (Å²) in [6.07, 6.45) is 4.24. The van der Waals surface area contributed by atoms with Crippen LogP contribution in [0.2, 0.25) is 0 Å². The number of carbonyl (C=O) groups excluding carboxylic acids is 1. The van der Waals surface area contributed by atoms with Gasteiger partial charge in [0.05, 0.1) is 19.0 Å². The molecule has 6 nitrogen and oxygen atoms in total. The van der Waals surface area contributed by atoms with Crippen LogP contribution in [0, 0.1) is 0 Å². The van der Waals surface area contributed by atoms with Crippen LogP contribution in [0.25, 0.3) is 0 Å². The highest BCUT2D eigenvalue weighted by Crippen LogP contribution is 2.13. The number of hydrogen-bond acceptors (Lipinski definition) is 5. The Labute approximate surface area is 114 Å². The van der Waals surface area contributed by atoms with Crippen molar-refractivity contribution >= 4 is 16.0 Å². The molecular formula is C12H23NO5S. The molecule has 19 heavy (non-hydrogen) atoms. The Morgan fingerprint density at radius 1 is 1.37 bits per heavy atom. The van der Waals surface area contributed by atoms with Gasteiger partial charge in [0.1, 0.15) is 0 Å². The minimum Gasteiger partial charge on any atom is -0.469 e. The number of rotatable bonds is 9. The molecule has 1 aliphatic rings. The number of methoxy groups -OCH3 is 1. The minimum absolute atomic E-state index is 0.0508. The first-order valence-electron chi connectivity index (χ1n) is 6.69. The summed E-state index contributed by atoms with van der Waals surface area (Å²) in [5.74, 6) is -0.172. The number of nitrogens with one attached hydrogen (secondary N) is 1. The molecule has 0 aliphatic carbocycles. The van der Waals surface area contributed by atoms with E-state index in [0.29, 0.717) is 19.6 Å². The summed E-state index contributed by atoms with van der Waals surface area (Å²) in [5.41, 5.74) is 0. The second-order valence-corrected chi connectivity index (χ2v) is 6.55. The van der Waals surface area contributed by atoms with Crippen molar-refractivity contribution in [3.05, 3.63) is 0 Å². The topological polar surface area (TPSA) is 81.7 Å². The van der Waals surface area contributed by atoms with Crippen molar-refractivity contribution < 1.29 is 22.7 Å². The zero-order valence-electron chi connectivity index (χ0n) is 11.4. The number of unbranched alkanes of at least 4 members (excludes halogenated alkanes) is 2. The number of hydrogen-bond donors (Lipinski definition) is 1. The van der Waals surface area contributed by atoms with E-state index in [9.17, 15) is 13.2 Å². The standard InChI is InChI=1S/C12H23NO5S/c1-17-12(14)7-3-2-4-8-13-19(15,16)10-11-6-5-9-18-11/h11,13H,2-10H2,1H3. The van der Waals surface area contributed by atoms with Gasteiger partial charge in [-0.15, -0.1) is 0 Å². The van der Waals surface area contributed by atoms with Crippen molar-refractivity contribution in [1.82, 2.24) is 4.72 Å². The fourth-order valence-corrected chi connectivity index (χ4v) is 3.31. The number of sulfonamides is 1. The second kappa shape index (κ2) is 8.50. The molecule has 0 spiro atoms. The molecule has 1 saturated heterocycles. The first kappa shape index (κ1) is 16.4. The maximum Gasteiger partial charge on any atom is 0.305 e. The molecule has 1 fully saturated rings. The summed E-state index contributed by atoms with van der Waals surface area (Å²) in [6, 6.07) is 0. The molecule has 1 rings (SSSR count). The third kappa shape index (κ3) is 7.49. The van der Waals surface area contributed by atoms with Crippen LogP contribution in [0.3, 0.4) is 0 Å². The first-order chi connectivity index (χ1) is 9.03. The van der Waals surface area contributed by atoms with Gasteiger partial charge in [-0.1, -0.05) is 6.42 Å². The maximum atomic E-state index is 11.7. The lowest BCUT2D eigenvalue weighted by Gasteiger charge is -2.11.